The fourth-order valence-corrected chi connectivity index (χ4v) is 1.82. The van der Waals surface area contributed by atoms with Gasteiger partial charge in [0.1, 0.15) is 0 Å². The highest BCUT2D eigenvalue weighted by Crippen LogP contribution is 2.05. The molecule has 1 aromatic carbocycles. The Morgan fingerprint density at radius 1 is 1.40 bits per heavy atom. The average Bonchev–Trinajstić information content (AvgIpc) is 2.81. The largest absolute Gasteiger partial charge is 0.351 e. The van der Waals surface area contributed by atoms with Crippen LogP contribution in [0.2, 0.25) is 0 Å². The molecule has 0 aliphatic carbocycles. The second-order valence-corrected chi connectivity index (χ2v) is 3.85. The molecule has 0 spiro atoms. The Balaban J connectivity index is 1.80. The van der Waals surface area contributed by atoms with Crippen molar-refractivity contribution in [1.29, 1.82) is 0 Å². The Morgan fingerprint density at radius 2 is 2.20 bits per heavy atom. The van der Waals surface area contributed by atoms with E-state index in [2.05, 4.69) is 10.6 Å². The minimum Gasteiger partial charge on any atom is -0.351 e. The van der Waals surface area contributed by atoms with Gasteiger partial charge in [0.15, 0.2) is 0 Å². The molecule has 2 rings (SSSR count). The predicted octanol–water partition coefficient (Wildman–Crippen LogP) is 1.05. The number of hydrogen-bond donors (Lipinski definition) is 2. The van der Waals surface area contributed by atoms with E-state index in [1.165, 1.54) is 0 Å². The Hall–Kier alpha value is -1.35. The van der Waals surface area contributed by atoms with E-state index in [4.69, 9.17) is 0 Å². The molecule has 0 saturated carbocycles. The third kappa shape index (κ3) is 2.80. The molecule has 0 bridgehead atoms. The first kappa shape index (κ1) is 10.2. The van der Waals surface area contributed by atoms with Crippen molar-refractivity contribution in [2.75, 3.05) is 6.54 Å². The number of benzene rings is 1. The summed E-state index contributed by atoms with van der Waals surface area (Å²) in [5.41, 5.74) is 1.14. The third-order valence-electron chi connectivity index (χ3n) is 2.69. The molecule has 3 heteroatoms. The summed E-state index contributed by atoms with van der Waals surface area (Å²) >= 11 is 0. The number of hydrogen-bond acceptors (Lipinski definition) is 2. The van der Waals surface area contributed by atoms with Crippen LogP contribution in [0.25, 0.3) is 0 Å². The molecular formula is C12H16N2O. The summed E-state index contributed by atoms with van der Waals surface area (Å²) in [5.74, 6) is 0.122. The van der Waals surface area contributed by atoms with Crippen LogP contribution in [0, 0.1) is 0 Å². The summed E-state index contributed by atoms with van der Waals surface area (Å²) in [6.45, 7) is 1.58. The predicted molar refractivity (Wildman–Crippen MR) is 59.3 cm³/mol. The first-order valence-corrected chi connectivity index (χ1v) is 5.41. The van der Waals surface area contributed by atoms with E-state index in [1.54, 1.807) is 0 Å². The summed E-state index contributed by atoms with van der Waals surface area (Å²) in [4.78, 5) is 11.6. The smallest absolute Gasteiger partial charge is 0.237 e. The van der Waals surface area contributed by atoms with E-state index in [-0.39, 0.29) is 11.9 Å². The van der Waals surface area contributed by atoms with Gasteiger partial charge in [0.25, 0.3) is 0 Å². The van der Waals surface area contributed by atoms with Gasteiger partial charge in [0.2, 0.25) is 5.91 Å². The third-order valence-corrected chi connectivity index (χ3v) is 2.69. The number of nitrogens with one attached hydrogen (secondary N) is 2. The van der Waals surface area contributed by atoms with Gasteiger partial charge in [-0.25, -0.2) is 0 Å². The lowest BCUT2D eigenvalue weighted by Crippen LogP contribution is -2.39. The highest BCUT2D eigenvalue weighted by molar-refractivity contribution is 5.81. The van der Waals surface area contributed by atoms with E-state index in [0.29, 0.717) is 6.54 Å². The lowest BCUT2D eigenvalue weighted by atomic mass is 10.2. The molecule has 1 aromatic rings. The SMILES string of the molecule is O=C(NCc1ccccc1)C1CCCN1. The van der Waals surface area contributed by atoms with Crippen LogP contribution >= 0.6 is 0 Å². The lowest BCUT2D eigenvalue weighted by molar-refractivity contribution is -0.122. The quantitative estimate of drug-likeness (QED) is 0.773. The van der Waals surface area contributed by atoms with Crippen molar-refractivity contribution in [3.63, 3.8) is 0 Å². The summed E-state index contributed by atoms with van der Waals surface area (Å²) in [6, 6.07) is 9.99. The maximum atomic E-state index is 11.6. The standard InChI is InChI=1S/C12H16N2O/c15-12(11-7-4-8-13-11)14-9-10-5-2-1-3-6-10/h1-3,5-6,11,13H,4,7-9H2,(H,14,15). The molecule has 1 fully saturated rings. The van der Waals surface area contributed by atoms with E-state index < -0.39 is 0 Å². The minimum absolute atomic E-state index is 0.0220. The first-order chi connectivity index (χ1) is 7.36. The highest BCUT2D eigenvalue weighted by Gasteiger charge is 2.21. The Labute approximate surface area is 89.9 Å². The van der Waals surface area contributed by atoms with Crippen LogP contribution in [0.4, 0.5) is 0 Å². The van der Waals surface area contributed by atoms with Crippen LogP contribution < -0.4 is 10.6 Å². The van der Waals surface area contributed by atoms with Crippen LogP contribution in [0.3, 0.4) is 0 Å². The van der Waals surface area contributed by atoms with Gasteiger partial charge < -0.3 is 10.6 Å². The maximum Gasteiger partial charge on any atom is 0.237 e. The molecule has 1 aliphatic heterocycles. The van der Waals surface area contributed by atoms with Crippen LogP contribution in [0.15, 0.2) is 30.3 Å². The molecule has 1 saturated heterocycles. The Bertz CT molecular complexity index is 318. The van der Waals surface area contributed by atoms with Crippen molar-refractivity contribution in [3.8, 4) is 0 Å². The molecule has 3 nitrogen and oxygen atoms in total. The zero-order valence-corrected chi connectivity index (χ0v) is 8.70. The average molecular weight is 204 g/mol. The molecule has 2 N–H and O–H groups in total. The molecule has 1 heterocycles. The minimum atomic E-state index is 0.0220. The van der Waals surface area contributed by atoms with E-state index in [1.807, 2.05) is 30.3 Å². The molecule has 1 unspecified atom stereocenters. The second kappa shape index (κ2) is 4.94. The molecule has 1 amide bonds. The van der Waals surface area contributed by atoms with Gasteiger partial charge in [0.05, 0.1) is 6.04 Å². The van der Waals surface area contributed by atoms with Gasteiger partial charge >= 0.3 is 0 Å². The van der Waals surface area contributed by atoms with Crippen LogP contribution in [0.5, 0.6) is 0 Å². The fraction of sp³-hybridized carbons (Fsp3) is 0.417. The molecule has 15 heavy (non-hydrogen) atoms. The van der Waals surface area contributed by atoms with Crippen LogP contribution in [0.1, 0.15) is 18.4 Å². The summed E-state index contributed by atoms with van der Waals surface area (Å²) in [5, 5.41) is 6.12. The van der Waals surface area contributed by atoms with Crippen molar-refractivity contribution in [2.45, 2.75) is 25.4 Å². The maximum absolute atomic E-state index is 11.6. The fourth-order valence-electron chi connectivity index (χ4n) is 1.82. The van der Waals surface area contributed by atoms with Gasteiger partial charge in [0, 0.05) is 6.54 Å². The highest BCUT2D eigenvalue weighted by atomic mass is 16.2. The number of carbonyl (C=O) groups excluding carboxylic acids is 1. The van der Waals surface area contributed by atoms with Crippen molar-refractivity contribution < 1.29 is 4.79 Å². The van der Waals surface area contributed by atoms with Gasteiger partial charge in [-0.05, 0) is 24.9 Å². The van der Waals surface area contributed by atoms with Crippen LogP contribution in [-0.2, 0) is 11.3 Å². The number of carbonyl (C=O) groups is 1. The van der Waals surface area contributed by atoms with Crippen molar-refractivity contribution in [1.82, 2.24) is 10.6 Å². The van der Waals surface area contributed by atoms with Gasteiger partial charge in [-0.3, -0.25) is 4.79 Å². The monoisotopic (exact) mass is 204 g/mol. The van der Waals surface area contributed by atoms with Crippen molar-refractivity contribution >= 4 is 5.91 Å². The van der Waals surface area contributed by atoms with Gasteiger partial charge in [-0.1, -0.05) is 30.3 Å². The van der Waals surface area contributed by atoms with Gasteiger partial charge in [-0.2, -0.15) is 0 Å². The molecule has 1 atom stereocenters. The summed E-state index contributed by atoms with van der Waals surface area (Å²) in [6.07, 6.45) is 2.06. The van der Waals surface area contributed by atoms with E-state index in [0.717, 1.165) is 24.9 Å². The zero-order valence-electron chi connectivity index (χ0n) is 8.70. The summed E-state index contributed by atoms with van der Waals surface area (Å²) in [7, 11) is 0. The Kier molecular flexibility index (Phi) is 3.35. The van der Waals surface area contributed by atoms with Crippen LogP contribution in [-0.4, -0.2) is 18.5 Å². The summed E-state index contributed by atoms with van der Waals surface area (Å²) < 4.78 is 0. The van der Waals surface area contributed by atoms with Crippen molar-refractivity contribution in [3.05, 3.63) is 35.9 Å². The molecule has 1 aliphatic rings. The zero-order chi connectivity index (χ0) is 10.5. The van der Waals surface area contributed by atoms with E-state index in [9.17, 15) is 4.79 Å². The first-order valence-electron chi connectivity index (χ1n) is 5.41. The molecule has 0 aromatic heterocycles. The molecular weight excluding hydrogens is 188 g/mol. The second-order valence-electron chi connectivity index (χ2n) is 3.85. The van der Waals surface area contributed by atoms with E-state index >= 15 is 0 Å². The van der Waals surface area contributed by atoms with Gasteiger partial charge in [-0.15, -0.1) is 0 Å². The van der Waals surface area contributed by atoms with Crippen molar-refractivity contribution in [2.24, 2.45) is 0 Å². The number of amides is 1. The topological polar surface area (TPSA) is 41.1 Å². The number of rotatable bonds is 3. The molecule has 80 valence electrons. The lowest BCUT2D eigenvalue weighted by Gasteiger charge is -2.10. The molecule has 0 radical (unpaired) electrons. The normalized spacial score (nSPS) is 20.1. The Morgan fingerprint density at radius 3 is 2.87 bits per heavy atom.